The third-order valence-corrected chi connectivity index (χ3v) is 10.9. The zero-order valence-electron chi connectivity index (χ0n) is 73.8. The smallest absolute Gasteiger partial charge is 0.216 e. The molecule has 0 amide bonds. The predicted molar refractivity (Wildman–Crippen MR) is 336 cm³/mol. The van der Waals surface area contributed by atoms with E-state index in [0.29, 0.717) is 56.8 Å². The molecule has 0 aliphatic rings. The van der Waals surface area contributed by atoms with Gasteiger partial charge in [-0.25, -0.2) is 18.4 Å². The maximum atomic E-state index is 9.08. The van der Waals surface area contributed by atoms with E-state index in [2.05, 4.69) is 48.1 Å². The number of furan rings is 2. The second-order valence-electron chi connectivity index (χ2n) is 16.8. The summed E-state index contributed by atoms with van der Waals surface area (Å²) < 4.78 is 247. The average molecular weight is 1530 g/mol. The van der Waals surface area contributed by atoms with E-state index in [-0.39, 0.29) is 128 Å². The molecule has 0 spiro atoms. The molecule has 12 rings (SSSR count). The molecule has 2 N–H and O–H groups in total. The molecule has 0 fully saturated rings. The molecule has 8 heterocycles. The molecule has 446 valence electrons. The molecule has 84 heavy (non-hydrogen) atoms. The van der Waals surface area contributed by atoms with Crippen LogP contribution in [-0.2, 0) is 50.3 Å². The number of aromatic nitrogens is 6. The molecule has 0 bridgehead atoms. The van der Waals surface area contributed by atoms with E-state index in [1.54, 1.807) is 37.3 Å². The van der Waals surface area contributed by atoms with Gasteiger partial charge in [-0.2, -0.15) is 0 Å². The van der Waals surface area contributed by atoms with Crippen LogP contribution in [0.2, 0.25) is 0 Å². The van der Waals surface area contributed by atoms with Crippen LogP contribution in [0.15, 0.2) is 161 Å². The van der Waals surface area contributed by atoms with E-state index in [1.807, 2.05) is 50.2 Å². The van der Waals surface area contributed by atoms with Gasteiger partial charge in [0.1, 0.15) is 0 Å². The van der Waals surface area contributed by atoms with Crippen molar-refractivity contribution in [1.29, 1.82) is 0 Å². The summed E-state index contributed by atoms with van der Waals surface area (Å²) in [5.74, 6) is 0. The Morgan fingerprint density at radius 3 is 1.40 bits per heavy atom. The Kier molecular flexibility index (Phi) is 15.4. The zero-order valence-corrected chi connectivity index (χ0v) is 50.4. The van der Waals surface area contributed by atoms with Crippen molar-refractivity contribution in [3.05, 3.63) is 226 Å². The van der Waals surface area contributed by atoms with Crippen molar-refractivity contribution in [1.82, 2.24) is 29.9 Å². The molecule has 2 radical (unpaired) electrons. The average Bonchev–Trinajstić information content (AvgIpc) is 1.30. The summed E-state index contributed by atoms with van der Waals surface area (Å²) in [6.07, 6.45) is 5.23. The van der Waals surface area contributed by atoms with Gasteiger partial charge in [-0.05, 0) is 137 Å². The van der Waals surface area contributed by atoms with Gasteiger partial charge >= 0.3 is 0 Å². The minimum atomic E-state index is -3.92. The first-order valence-corrected chi connectivity index (χ1v) is 25.5. The van der Waals surface area contributed by atoms with Crippen molar-refractivity contribution < 1.29 is 112 Å². The Balaban J connectivity index is 0.000000712. The van der Waals surface area contributed by atoms with E-state index < -0.39 is 58.1 Å². The van der Waals surface area contributed by atoms with E-state index in [1.165, 1.54) is 42.6 Å². The summed E-state index contributed by atoms with van der Waals surface area (Å²) in [5.41, 5.74) is 6.70. The summed E-state index contributed by atoms with van der Waals surface area (Å²) in [6, 6.07) is 35.6. The Morgan fingerprint density at radius 1 is 0.524 bits per heavy atom. The number of hydrogen-bond acceptors (Lipinski definition) is 13. The summed E-state index contributed by atoms with van der Waals surface area (Å²) in [4.78, 5) is 25.2. The Hall–Kier alpha value is -7.49. The molecule has 16 heteroatoms. The normalized spacial score (nSPS) is 15.8. The number of fused-ring (bicyclic) bond motifs is 6. The molecular weight excluding hydrogens is 1430 g/mol. The Morgan fingerprint density at radius 2 is 0.964 bits per heavy atom. The van der Waals surface area contributed by atoms with Crippen molar-refractivity contribution in [2.24, 2.45) is 0 Å². The van der Waals surface area contributed by atoms with Gasteiger partial charge in [0.25, 0.3) is 0 Å². The first kappa shape index (κ1) is 39.2. The number of rotatable bonds is 4. The number of aliphatic hydroxyl groups is 2. The number of aryl methyl sites for hydroxylation is 10. The molecule has 8 aromatic heterocycles. The first-order valence-electron chi connectivity index (χ1n) is 38.2. The zero-order chi connectivity index (χ0) is 83.9. The number of nitrogens with zero attached hydrogens (tertiary/aromatic N) is 6. The van der Waals surface area contributed by atoms with Crippen LogP contribution < -0.4 is 0 Å². The van der Waals surface area contributed by atoms with Crippen LogP contribution in [0.4, 0.5) is 0 Å². The first-order chi connectivity index (χ1) is 50.9. The molecule has 0 saturated carbocycles. The van der Waals surface area contributed by atoms with Gasteiger partial charge in [-0.15, -0.1) is 71.8 Å². The van der Waals surface area contributed by atoms with E-state index in [0.717, 1.165) is 71.3 Å². The molecular formula is C68H74Ir2N6O7S-4. The molecule has 4 aromatic carbocycles. The number of benzene rings is 4. The minimum absolute atomic E-state index is 0. The van der Waals surface area contributed by atoms with Crippen LogP contribution in [0.3, 0.4) is 0 Å². The third-order valence-electron chi connectivity index (χ3n) is 10.9. The summed E-state index contributed by atoms with van der Waals surface area (Å²) in [5, 5.41) is 17.3. The number of pyridine rings is 6. The molecule has 0 unspecified atom stereocenters. The molecule has 0 atom stereocenters. The van der Waals surface area contributed by atoms with Crippen LogP contribution in [0, 0.1) is 86.9 Å². The van der Waals surface area contributed by atoms with Gasteiger partial charge in [0.2, 0.25) is 11.4 Å². The minimum Gasteiger partial charge on any atom is -0.748 e. The Bertz CT molecular complexity index is 5040. The molecule has 12 aromatic rings. The van der Waals surface area contributed by atoms with E-state index in [4.69, 9.17) is 72.2 Å². The van der Waals surface area contributed by atoms with Gasteiger partial charge < -0.3 is 38.6 Å². The predicted octanol–water partition coefficient (Wildman–Crippen LogP) is 15.6. The van der Waals surface area contributed by atoms with E-state index >= 15 is 0 Å². The van der Waals surface area contributed by atoms with Crippen molar-refractivity contribution >= 4 is 54.3 Å². The van der Waals surface area contributed by atoms with Crippen LogP contribution in [0.25, 0.3) is 89.2 Å². The maximum absolute atomic E-state index is 9.08. The maximum Gasteiger partial charge on any atom is 0.216 e. The van der Waals surface area contributed by atoms with Gasteiger partial charge in [-0.3, -0.25) is 4.98 Å². The van der Waals surface area contributed by atoms with Crippen molar-refractivity contribution in [2.45, 2.75) is 76.2 Å². The quantitative estimate of drug-likeness (QED) is 0.125. The van der Waals surface area contributed by atoms with Crippen molar-refractivity contribution in [2.75, 3.05) is 20.5 Å². The summed E-state index contributed by atoms with van der Waals surface area (Å²) >= 11 is 0. The van der Waals surface area contributed by atoms with Crippen molar-refractivity contribution in [3.8, 4) is 45.0 Å². The SMILES string of the molecule is C.CO.CO.CS(=O)(=O)[O-].[2H]C([2H])([2H])c1c[c-]c(-c2cc(C([2H])([2H])[2H])c(C([2H])([2H])[2H])cn2)cc1.[2H]C([2H])([2H])c1ccc(-c2cc(C)c(C([2H])([2H])[2H])cn2)cc1.[2H][2H].[2H][2H].[2H]c1c(C([2H])([2H])[2H])cnc(-c2[c-]ccc3c2oc2nc(C)ccc23)c1[2H].[2H]c1c(C([2H])([2H])[2H])cnc(-c2[c-]ccc3c2oc2nc(C)ccc23)c1[2H].[Ir].[Ir]. The largest absolute Gasteiger partial charge is 0.748 e. The van der Waals surface area contributed by atoms with Crippen molar-refractivity contribution in [3.63, 3.8) is 0 Å². The van der Waals surface area contributed by atoms with Crippen LogP contribution in [-0.4, -0.2) is 73.6 Å². The van der Waals surface area contributed by atoms with Crippen LogP contribution in [0.1, 0.15) is 104 Å². The standard InChI is InChI=1S/2C18H13N2O.C14H15N.C14H14N.CH4O3S.2CH4O.CH4.2Ir.2H2/c2*1-11-6-9-16(19-10-11)15-5-3-4-13-14-8-7-12(2)20-18(14)21-17(13)15;2*1-10-4-6-13(7-5-10)14-8-11(2)12(3)9-15-14;1-5(2,3)4;2*1-2;;;;;/h2*3-4,6-10H,1-2H3;4-9H,1-3H3;4-6,8-9H,1-3H3;1H3,(H,2,3,4);2*2H,1H3;1H4;;;2*1H/q2*-1;;-1;;;;;;;;/p-1/i2*1D3,6D,9D;1D3,3D3;1D3,2D3,3D3;;;;;;;2*1+1D. The molecule has 13 nitrogen and oxygen atoms in total. The van der Waals surface area contributed by atoms with Gasteiger partial charge in [0.05, 0.1) is 32.5 Å². The summed E-state index contributed by atoms with van der Waals surface area (Å²) in [7, 11) is -1.92. The second-order valence-corrected chi connectivity index (χ2v) is 18.2. The third kappa shape index (κ3) is 19.3. The molecule has 0 aliphatic heterocycles. The fourth-order valence-corrected chi connectivity index (χ4v) is 7.22. The number of aliphatic hydroxyl groups excluding tert-OH is 2. The fraction of sp³-hybridized carbons (Fsp3) is 0.206. The molecule has 0 saturated heterocycles. The summed E-state index contributed by atoms with van der Waals surface area (Å²) in [6.45, 7) is -11.3. The van der Waals surface area contributed by atoms with Crippen LogP contribution >= 0.6 is 0 Å². The second kappa shape index (κ2) is 33.1. The van der Waals surface area contributed by atoms with Crippen LogP contribution in [0.5, 0.6) is 0 Å². The monoisotopic (exact) mass is 1530 g/mol. The van der Waals surface area contributed by atoms with Gasteiger partial charge in [0, 0.05) is 148 Å². The molecule has 0 aliphatic carbocycles. The Labute approximate surface area is 562 Å². The topological polar surface area (TPSA) is 201 Å². The fourth-order valence-electron chi connectivity index (χ4n) is 7.22. The van der Waals surface area contributed by atoms with Gasteiger partial charge in [-0.1, -0.05) is 102 Å². The van der Waals surface area contributed by atoms with E-state index in [9.17, 15) is 0 Å². The number of hydrogen-bond donors (Lipinski definition) is 2. The van der Waals surface area contributed by atoms with Gasteiger partial charge in [0.15, 0.2) is 0 Å².